The van der Waals surface area contributed by atoms with E-state index in [1.807, 2.05) is 44.4 Å². The molecule has 2 aromatic carbocycles. The number of ether oxygens (including phenoxy) is 2. The minimum absolute atomic E-state index is 0.219. The molecular weight excluding hydrogens is 684 g/mol. The first-order valence-electron chi connectivity index (χ1n) is 18.8. The number of aryl methyl sites for hydroxylation is 1. The predicted octanol–water partition coefficient (Wildman–Crippen LogP) is 6.54. The topological polar surface area (TPSA) is 91.4 Å². The molecule has 0 radical (unpaired) electrons. The summed E-state index contributed by atoms with van der Waals surface area (Å²) in [6.07, 6.45) is 9.91. The van der Waals surface area contributed by atoms with Crippen molar-refractivity contribution in [3.63, 3.8) is 0 Å². The van der Waals surface area contributed by atoms with Gasteiger partial charge in [0.25, 0.3) is 5.91 Å². The van der Waals surface area contributed by atoms with Gasteiger partial charge in [0.1, 0.15) is 18.0 Å². The lowest BCUT2D eigenvalue weighted by molar-refractivity contribution is -0.101. The van der Waals surface area contributed by atoms with Gasteiger partial charge in [0, 0.05) is 62.5 Å². The van der Waals surface area contributed by atoms with Crippen molar-refractivity contribution in [1.82, 2.24) is 14.5 Å². The van der Waals surface area contributed by atoms with E-state index in [9.17, 15) is 13.2 Å². The highest BCUT2D eigenvalue weighted by molar-refractivity contribution is 7.90. The summed E-state index contributed by atoms with van der Waals surface area (Å²) in [4.78, 5) is 21.0. The molecule has 1 N–H and O–H groups in total. The van der Waals surface area contributed by atoms with E-state index in [1.54, 1.807) is 13.0 Å². The number of carbonyl (C=O) groups excluding carboxylic acids is 1. The number of nitrogens with one attached hydrogen (secondary N) is 1. The van der Waals surface area contributed by atoms with E-state index >= 15 is 0 Å². The lowest BCUT2D eigenvalue weighted by Crippen LogP contribution is -2.61. The number of nitrogens with zero attached hydrogens (tertiary/aromatic N) is 3. The second-order valence-electron chi connectivity index (χ2n) is 15.7. The molecule has 2 bridgehead atoms. The first kappa shape index (κ1) is 38.1. The number of piperazine rings is 1. The van der Waals surface area contributed by atoms with Crippen molar-refractivity contribution in [3.8, 4) is 5.75 Å². The summed E-state index contributed by atoms with van der Waals surface area (Å²) in [7, 11) is 0.106. The van der Waals surface area contributed by atoms with Gasteiger partial charge >= 0.3 is 0 Å². The number of sulfonamides is 1. The Morgan fingerprint density at radius 1 is 1.00 bits per heavy atom. The molecule has 0 unspecified atom stereocenters. The molecule has 6 rings (SSSR count). The zero-order chi connectivity index (χ0) is 36.5. The molecule has 1 saturated carbocycles. The SMILES string of the molecule is CO[C@]1(CN2C[C@@H](C)N(C)[C@@H](C)C2)/C=C/C[C@H](C)[C@@H](C)S(=O)(=O)NC(=O)c2ccc3c(c2)N(CCCCc2cc(Cl)ccc2CO3)C[C@@H]2CC[C@H]21. The van der Waals surface area contributed by atoms with Crippen molar-refractivity contribution in [2.75, 3.05) is 51.8 Å². The van der Waals surface area contributed by atoms with E-state index in [0.29, 0.717) is 42.3 Å². The molecule has 7 atom stereocenters. The van der Waals surface area contributed by atoms with Crippen LogP contribution in [0.15, 0.2) is 48.6 Å². The Hall–Kier alpha value is -2.63. The van der Waals surface area contributed by atoms with E-state index in [1.165, 1.54) is 5.56 Å². The van der Waals surface area contributed by atoms with E-state index in [0.717, 1.165) is 81.1 Å². The zero-order valence-electron chi connectivity index (χ0n) is 31.2. The van der Waals surface area contributed by atoms with Gasteiger partial charge in [-0.15, -0.1) is 0 Å². The van der Waals surface area contributed by atoms with Crippen molar-refractivity contribution in [3.05, 3.63) is 70.3 Å². The highest BCUT2D eigenvalue weighted by Gasteiger charge is 2.49. The van der Waals surface area contributed by atoms with Crippen molar-refractivity contribution in [2.24, 2.45) is 17.8 Å². The highest BCUT2D eigenvalue weighted by Crippen LogP contribution is 2.47. The fourth-order valence-corrected chi connectivity index (χ4v) is 10.1. The summed E-state index contributed by atoms with van der Waals surface area (Å²) in [5, 5.41) is -0.0587. The van der Waals surface area contributed by atoms with Gasteiger partial charge in [0.15, 0.2) is 0 Å². The van der Waals surface area contributed by atoms with Crippen LogP contribution in [0.25, 0.3) is 0 Å². The minimum atomic E-state index is -3.95. The lowest BCUT2D eigenvalue weighted by Gasteiger charge is -2.53. The van der Waals surface area contributed by atoms with Crippen LogP contribution in [0, 0.1) is 17.8 Å². The number of carbonyl (C=O) groups is 1. The third kappa shape index (κ3) is 8.30. The number of fused-ring (bicyclic) bond motifs is 3. The van der Waals surface area contributed by atoms with Gasteiger partial charge in [0.2, 0.25) is 10.0 Å². The Bertz CT molecular complexity index is 1690. The fourth-order valence-electron chi connectivity index (χ4n) is 8.62. The molecule has 280 valence electrons. The van der Waals surface area contributed by atoms with Crippen molar-refractivity contribution in [1.29, 1.82) is 0 Å². The number of hydrogen-bond donors (Lipinski definition) is 1. The maximum absolute atomic E-state index is 13.6. The first-order valence-corrected chi connectivity index (χ1v) is 20.7. The number of anilines is 1. The van der Waals surface area contributed by atoms with Gasteiger partial charge in [-0.05, 0) is 126 Å². The molecule has 3 heterocycles. The van der Waals surface area contributed by atoms with Crippen molar-refractivity contribution in [2.45, 2.75) is 95.8 Å². The number of methoxy groups -OCH3 is 1. The average Bonchev–Trinajstić information content (AvgIpc) is 3.11. The van der Waals surface area contributed by atoms with Crippen LogP contribution in [0.1, 0.15) is 81.3 Å². The van der Waals surface area contributed by atoms with Gasteiger partial charge in [-0.2, -0.15) is 0 Å². The molecule has 1 aliphatic carbocycles. The summed E-state index contributed by atoms with van der Waals surface area (Å²) < 4.78 is 42.8. The van der Waals surface area contributed by atoms with Crippen LogP contribution in [0.3, 0.4) is 0 Å². The molecule has 9 nitrogen and oxygen atoms in total. The van der Waals surface area contributed by atoms with Gasteiger partial charge in [-0.25, -0.2) is 13.1 Å². The van der Waals surface area contributed by atoms with Gasteiger partial charge < -0.3 is 14.4 Å². The van der Waals surface area contributed by atoms with E-state index in [2.05, 4.69) is 52.5 Å². The molecule has 3 aliphatic heterocycles. The van der Waals surface area contributed by atoms with Crippen LogP contribution >= 0.6 is 11.6 Å². The standard InChI is InChI=1S/C40H57ClN4O5S/c1-27-10-9-18-40(49-6,26-44-22-28(2)43(5)29(3)23-44)36-16-13-33(36)24-45-19-8-7-11-31-20-35(41)15-12-34(31)25-50-38-17-14-32(21-37(38)45)39(46)42-51(47,48)30(27)4/h9,12,14-15,17-18,20-21,27-30,33,36H,7-8,10-11,13,16,19,22-26H2,1-6H3,(H,42,46)/b18-9+/t27-,28-,29+,30+,33-,36+,40-/m0/s1. The number of amides is 1. The highest BCUT2D eigenvalue weighted by atomic mass is 35.5. The van der Waals surface area contributed by atoms with Crippen LogP contribution in [-0.2, 0) is 27.8 Å². The maximum atomic E-state index is 13.6. The molecule has 51 heavy (non-hydrogen) atoms. The Morgan fingerprint density at radius 2 is 1.76 bits per heavy atom. The number of likely N-dealkylation sites (N-methyl/N-ethyl adjacent to an activating group) is 1. The molecule has 11 heteroatoms. The Morgan fingerprint density at radius 3 is 2.47 bits per heavy atom. The van der Waals surface area contributed by atoms with Crippen LogP contribution in [0.2, 0.25) is 5.02 Å². The van der Waals surface area contributed by atoms with Gasteiger partial charge in [0.05, 0.1) is 10.9 Å². The molecule has 0 aromatic heterocycles. The van der Waals surface area contributed by atoms with E-state index in [-0.39, 0.29) is 11.8 Å². The van der Waals surface area contributed by atoms with Crippen molar-refractivity contribution < 1.29 is 22.7 Å². The summed E-state index contributed by atoms with van der Waals surface area (Å²) in [5.41, 5.74) is 2.87. The van der Waals surface area contributed by atoms with Gasteiger partial charge in [-0.1, -0.05) is 36.7 Å². The summed E-state index contributed by atoms with van der Waals surface area (Å²) in [6.45, 7) is 12.9. The summed E-state index contributed by atoms with van der Waals surface area (Å²) >= 11 is 6.40. The summed E-state index contributed by atoms with van der Waals surface area (Å²) in [6, 6.07) is 12.2. The van der Waals surface area contributed by atoms with Crippen LogP contribution in [0.5, 0.6) is 5.75 Å². The third-order valence-electron chi connectivity index (χ3n) is 12.5. The third-order valence-corrected chi connectivity index (χ3v) is 14.6. The molecule has 1 amide bonds. The fraction of sp³-hybridized carbons (Fsp3) is 0.625. The molecule has 2 fully saturated rings. The monoisotopic (exact) mass is 740 g/mol. The van der Waals surface area contributed by atoms with Crippen LogP contribution < -0.4 is 14.4 Å². The number of allylic oxidation sites excluding steroid dienone is 1. The Labute approximate surface area is 310 Å². The second kappa shape index (κ2) is 15.8. The van der Waals surface area contributed by atoms with Crippen LogP contribution in [0.4, 0.5) is 5.69 Å². The van der Waals surface area contributed by atoms with E-state index in [4.69, 9.17) is 21.1 Å². The number of rotatable bonds is 3. The Balaban J connectivity index is 1.40. The molecule has 1 saturated heterocycles. The molecular formula is C40H57ClN4O5S. The molecule has 0 spiro atoms. The number of benzene rings is 2. The number of hydrogen-bond acceptors (Lipinski definition) is 8. The maximum Gasteiger partial charge on any atom is 0.264 e. The average molecular weight is 741 g/mol. The number of halogens is 1. The first-order chi connectivity index (χ1) is 24.3. The Kier molecular flexibility index (Phi) is 11.8. The zero-order valence-corrected chi connectivity index (χ0v) is 32.8. The predicted molar refractivity (Wildman–Crippen MR) is 205 cm³/mol. The largest absolute Gasteiger partial charge is 0.487 e. The van der Waals surface area contributed by atoms with E-state index < -0.39 is 26.8 Å². The quantitative estimate of drug-likeness (QED) is 0.355. The second-order valence-corrected chi connectivity index (χ2v) is 18.2. The normalized spacial score (nSPS) is 33.0. The van der Waals surface area contributed by atoms with Gasteiger partial charge in [-0.3, -0.25) is 14.6 Å². The lowest BCUT2D eigenvalue weighted by atomic mass is 9.63. The van der Waals surface area contributed by atoms with Crippen molar-refractivity contribution >= 4 is 33.2 Å². The molecule has 4 aliphatic rings. The smallest absolute Gasteiger partial charge is 0.264 e. The minimum Gasteiger partial charge on any atom is -0.487 e. The molecule has 2 aromatic rings. The van der Waals surface area contributed by atoms with Crippen LogP contribution in [-0.4, -0.2) is 93.9 Å². The summed E-state index contributed by atoms with van der Waals surface area (Å²) in [5.74, 6) is 0.463.